The lowest BCUT2D eigenvalue weighted by Gasteiger charge is -2.43. The first kappa shape index (κ1) is 8.85. The molecular weight excluding hydrogens is 170 g/mol. The maximum absolute atomic E-state index is 9.58. The molecule has 0 bridgehead atoms. The third-order valence-electron chi connectivity index (χ3n) is 3.05. The average molecular weight is 187 g/mol. The van der Waals surface area contributed by atoms with Crippen molar-refractivity contribution >= 4 is 11.8 Å². The molecule has 2 rings (SSSR count). The second kappa shape index (κ2) is 3.56. The van der Waals surface area contributed by atoms with E-state index >= 15 is 0 Å². The molecule has 2 nitrogen and oxygen atoms in total. The molecule has 2 aliphatic rings. The molecule has 1 spiro atoms. The highest BCUT2D eigenvalue weighted by Gasteiger charge is 2.36. The fourth-order valence-electron chi connectivity index (χ4n) is 2.27. The van der Waals surface area contributed by atoms with Gasteiger partial charge >= 0.3 is 0 Å². The first-order chi connectivity index (χ1) is 5.81. The Morgan fingerprint density at radius 1 is 1.33 bits per heavy atom. The lowest BCUT2D eigenvalue weighted by atomic mass is 9.82. The number of hydrogen-bond donors (Lipinski definition) is 2. The van der Waals surface area contributed by atoms with Crippen molar-refractivity contribution in [2.75, 3.05) is 18.1 Å². The van der Waals surface area contributed by atoms with E-state index in [1.807, 2.05) is 11.8 Å². The molecule has 0 aromatic rings. The molecule has 0 aromatic heterocycles. The summed E-state index contributed by atoms with van der Waals surface area (Å²) < 4.78 is 0. The molecule has 0 aromatic carbocycles. The molecule has 12 heavy (non-hydrogen) atoms. The summed E-state index contributed by atoms with van der Waals surface area (Å²) in [5, 5.41) is 13.2. The second-order valence-corrected chi connectivity index (χ2v) is 5.19. The summed E-state index contributed by atoms with van der Waals surface area (Å²) in [6.07, 6.45) is 4.36. The fraction of sp³-hybridized carbons (Fsp3) is 1.00. The molecule has 2 heterocycles. The Morgan fingerprint density at radius 2 is 2.08 bits per heavy atom. The minimum absolute atomic E-state index is 0.0469. The molecule has 0 radical (unpaired) electrons. The van der Waals surface area contributed by atoms with E-state index in [-0.39, 0.29) is 6.10 Å². The zero-order valence-corrected chi connectivity index (χ0v) is 8.20. The molecule has 1 atom stereocenters. The first-order valence-electron chi connectivity index (χ1n) is 4.82. The van der Waals surface area contributed by atoms with Crippen LogP contribution in [-0.2, 0) is 0 Å². The summed E-state index contributed by atoms with van der Waals surface area (Å²) >= 11 is 2.04. The van der Waals surface area contributed by atoms with E-state index < -0.39 is 0 Å². The van der Waals surface area contributed by atoms with Crippen LogP contribution in [0.15, 0.2) is 0 Å². The predicted molar refractivity (Wildman–Crippen MR) is 52.5 cm³/mol. The quantitative estimate of drug-likeness (QED) is 0.593. The van der Waals surface area contributed by atoms with Crippen molar-refractivity contribution in [3.63, 3.8) is 0 Å². The van der Waals surface area contributed by atoms with Crippen molar-refractivity contribution in [3.05, 3.63) is 0 Å². The fourth-order valence-corrected chi connectivity index (χ4v) is 3.55. The topological polar surface area (TPSA) is 32.3 Å². The Bertz CT molecular complexity index is 151. The van der Waals surface area contributed by atoms with Crippen LogP contribution in [0.1, 0.15) is 25.7 Å². The van der Waals surface area contributed by atoms with Gasteiger partial charge in [0.05, 0.1) is 6.10 Å². The van der Waals surface area contributed by atoms with Gasteiger partial charge in [-0.1, -0.05) is 0 Å². The molecule has 70 valence electrons. The van der Waals surface area contributed by atoms with E-state index in [4.69, 9.17) is 0 Å². The van der Waals surface area contributed by atoms with Crippen LogP contribution < -0.4 is 5.32 Å². The van der Waals surface area contributed by atoms with Crippen molar-refractivity contribution in [1.29, 1.82) is 0 Å². The van der Waals surface area contributed by atoms with Gasteiger partial charge in [0.1, 0.15) is 0 Å². The number of rotatable bonds is 0. The molecule has 0 unspecified atom stereocenters. The number of aliphatic hydroxyl groups is 1. The Labute approximate surface area is 78.1 Å². The Balaban J connectivity index is 1.97. The number of hydrogen-bond acceptors (Lipinski definition) is 3. The van der Waals surface area contributed by atoms with Crippen LogP contribution in [0.25, 0.3) is 0 Å². The van der Waals surface area contributed by atoms with Crippen molar-refractivity contribution in [2.45, 2.75) is 37.3 Å². The Hall–Kier alpha value is 0.270. The van der Waals surface area contributed by atoms with Crippen molar-refractivity contribution in [1.82, 2.24) is 5.32 Å². The van der Waals surface area contributed by atoms with E-state index in [2.05, 4.69) is 5.32 Å². The normalized spacial score (nSPS) is 35.2. The van der Waals surface area contributed by atoms with Gasteiger partial charge in [0.2, 0.25) is 0 Å². The zero-order chi connectivity index (χ0) is 8.44. The zero-order valence-electron chi connectivity index (χ0n) is 7.38. The Kier molecular flexibility index (Phi) is 2.63. The van der Waals surface area contributed by atoms with E-state index in [0.717, 1.165) is 19.4 Å². The number of nitrogens with one attached hydrogen (secondary N) is 1. The molecule has 2 saturated heterocycles. The Morgan fingerprint density at radius 3 is 2.75 bits per heavy atom. The maximum atomic E-state index is 9.58. The van der Waals surface area contributed by atoms with E-state index in [0.29, 0.717) is 5.54 Å². The number of piperidine rings is 1. The molecule has 3 heteroatoms. The van der Waals surface area contributed by atoms with Crippen LogP contribution in [-0.4, -0.2) is 34.8 Å². The number of thioether (sulfide) groups is 1. The average Bonchev–Trinajstić information content (AvgIpc) is 2.05. The molecule has 0 aliphatic carbocycles. The van der Waals surface area contributed by atoms with Crippen molar-refractivity contribution in [3.8, 4) is 0 Å². The van der Waals surface area contributed by atoms with Crippen molar-refractivity contribution < 1.29 is 5.11 Å². The van der Waals surface area contributed by atoms with Gasteiger partial charge in [-0.05, 0) is 43.7 Å². The van der Waals surface area contributed by atoms with Gasteiger partial charge < -0.3 is 10.4 Å². The molecule has 2 fully saturated rings. The number of aliphatic hydroxyl groups excluding tert-OH is 1. The van der Waals surface area contributed by atoms with Gasteiger partial charge in [-0.2, -0.15) is 11.8 Å². The third kappa shape index (κ3) is 1.78. The van der Waals surface area contributed by atoms with Gasteiger partial charge in [0, 0.05) is 5.54 Å². The van der Waals surface area contributed by atoms with E-state index in [1.54, 1.807) is 0 Å². The van der Waals surface area contributed by atoms with Crippen LogP contribution in [0, 0.1) is 0 Å². The summed E-state index contributed by atoms with van der Waals surface area (Å²) in [4.78, 5) is 0. The smallest absolute Gasteiger partial charge is 0.0569 e. The molecule has 2 aliphatic heterocycles. The standard InChI is InChI=1S/C9H17NOS/c11-8-1-4-10-9(7-8)2-5-12-6-3-9/h8,10-11H,1-7H2/t8-/m0/s1. The van der Waals surface area contributed by atoms with Crippen LogP contribution in [0.4, 0.5) is 0 Å². The maximum Gasteiger partial charge on any atom is 0.0569 e. The van der Waals surface area contributed by atoms with E-state index in [9.17, 15) is 5.11 Å². The van der Waals surface area contributed by atoms with Gasteiger partial charge in [-0.3, -0.25) is 0 Å². The highest BCUT2D eigenvalue weighted by Crippen LogP contribution is 2.33. The van der Waals surface area contributed by atoms with Crippen LogP contribution in [0.3, 0.4) is 0 Å². The highest BCUT2D eigenvalue weighted by molar-refractivity contribution is 7.99. The van der Waals surface area contributed by atoms with Gasteiger partial charge in [0.15, 0.2) is 0 Å². The lowest BCUT2D eigenvalue weighted by Crippen LogP contribution is -2.54. The monoisotopic (exact) mass is 187 g/mol. The van der Waals surface area contributed by atoms with Gasteiger partial charge in [0.25, 0.3) is 0 Å². The third-order valence-corrected chi connectivity index (χ3v) is 4.04. The molecule has 0 amide bonds. The minimum atomic E-state index is -0.0469. The summed E-state index contributed by atoms with van der Waals surface area (Å²) in [5.41, 5.74) is 0.308. The van der Waals surface area contributed by atoms with Crippen LogP contribution in [0.5, 0.6) is 0 Å². The summed E-state index contributed by atoms with van der Waals surface area (Å²) in [6.45, 7) is 1.01. The highest BCUT2D eigenvalue weighted by atomic mass is 32.2. The van der Waals surface area contributed by atoms with E-state index in [1.165, 1.54) is 24.3 Å². The van der Waals surface area contributed by atoms with Crippen LogP contribution >= 0.6 is 11.8 Å². The summed E-state index contributed by atoms with van der Waals surface area (Å²) in [5.74, 6) is 2.53. The van der Waals surface area contributed by atoms with Gasteiger partial charge in [-0.15, -0.1) is 0 Å². The van der Waals surface area contributed by atoms with Crippen molar-refractivity contribution in [2.24, 2.45) is 0 Å². The minimum Gasteiger partial charge on any atom is -0.393 e. The second-order valence-electron chi connectivity index (χ2n) is 3.97. The molecule has 2 N–H and O–H groups in total. The lowest BCUT2D eigenvalue weighted by molar-refractivity contribution is 0.0729. The SMILES string of the molecule is O[C@H]1CCNC2(CCSCC2)C1. The molecule has 0 saturated carbocycles. The first-order valence-corrected chi connectivity index (χ1v) is 5.97. The van der Waals surface area contributed by atoms with Crippen LogP contribution in [0.2, 0.25) is 0 Å². The summed E-state index contributed by atoms with van der Waals surface area (Å²) in [7, 11) is 0. The largest absolute Gasteiger partial charge is 0.393 e. The predicted octanol–water partition coefficient (Wildman–Crippen LogP) is 0.997. The molecular formula is C9H17NOS. The summed E-state index contributed by atoms with van der Waals surface area (Å²) in [6, 6.07) is 0. The van der Waals surface area contributed by atoms with Gasteiger partial charge in [-0.25, -0.2) is 0 Å².